The lowest BCUT2D eigenvalue weighted by atomic mass is 10.1. The number of primary amides is 1. The Balaban J connectivity index is 1.92. The van der Waals surface area contributed by atoms with Crippen molar-refractivity contribution >= 4 is 17.7 Å². The van der Waals surface area contributed by atoms with E-state index in [-0.39, 0.29) is 11.7 Å². The average molecular weight is 319 g/mol. The summed E-state index contributed by atoms with van der Waals surface area (Å²) in [7, 11) is 0. The molecule has 0 radical (unpaired) electrons. The largest absolute Gasteiger partial charge is 0.486 e. The Hall–Kier alpha value is -2.15. The van der Waals surface area contributed by atoms with Crippen molar-refractivity contribution in [3.05, 3.63) is 24.4 Å². The van der Waals surface area contributed by atoms with E-state index in [0.717, 1.165) is 34.5 Å². The molecule has 6 nitrogen and oxygen atoms in total. The molecule has 0 bridgehead atoms. The zero-order valence-corrected chi connectivity index (χ0v) is 13.1. The van der Waals surface area contributed by atoms with Crippen molar-refractivity contribution in [1.29, 1.82) is 0 Å². The lowest BCUT2D eigenvalue weighted by Crippen LogP contribution is -2.15. The summed E-state index contributed by atoms with van der Waals surface area (Å²) in [6.07, 6.45) is 1.80. The predicted molar refractivity (Wildman–Crippen MR) is 84.2 cm³/mol. The average Bonchev–Trinajstić information content (AvgIpc) is 2.95. The van der Waals surface area contributed by atoms with Crippen molar-refractivity contribution in [1.82, 2.24) is 9.55 Å². The number of thioether (sulfide) groups is 1. The first-order valence-electron chi connectivity index (χ1n) is 7.05. The van der Waals surface area contributed by atoms with Gasteiger partial charge in [0.1, 0.15) is 13.2 Å². The highest BCUT2D eigenvalue weighted by molar-refractivity contribution is 7.99. The van der Waals surface area contributed by atoms with Gasteiger partial charge in [-0.1, -0.05) is 11.8 Å². The molecule has 0 saturated heterocycles. The van der Waals surface area contributed by atoms with Gasteiger partial charge in [0, 0.05) is 12.1 Å². The SMILES string of the molecule is CCn1c(-c2ccc3c(c2)OCCO3)cnc1SCC(N)=O. The Morgan fingerprint density at radius 3 is 2.86 bits per heavy atom. The molecule has 116 valence electrons. The maximum Gasteiger partial charge on any atom is 0.227 e. The normalized spacial score (nSPS) is 13.1. The topological polar surface area (TPSA) is 79.4 Å². The van der Waals surface area contributed by atoms with Crippen molar-refractivity contribution in [2.24, 2.45) is 5.73 Å². The number of fused-ring (bicyclic) bond motifs is 1. The molecule has 0 saturated carbocycles. The number of hydrogen-bond donors (Lipinski definition) is 1. The van der Waals surface area contributed by atoms with E-state index in [0.29, 0.717) is 13.2 Å². The Morgan fingerprint density at radius 2 is 2.14 bits per heavy atom. The van der Waals surface area contributed by atoms with Gasteiger partial charge in [0.2, 0.25) is 5.91 Å². The van der Waals surface area contributed by atoms with Crippen molar-refractivity contribution in [2.45, 2.75) is 18.6 Å². The number of carbonyl (C=O) groups excluding carboxylic acids is 1. The maximum atomic E-state index is 10.9. The van der Waals surface area contributed by atoms with E-state index in [1.165, 1.54) is 11.8 Å². The van der Waals surface area contributed by atoms with Crippen LogP contribution in [-0.2, 0) is 11.3 Å². The minimum atomic E-state index is -0.350. The minimum Gasteiger partial charge on any atom is -0.486 e. The van der Waals surface area contributed by atoms with Gasteiger partial charge in [0.25, 0.3) is 0 Å². The molecule has 1 amide bonds. The summed E-state index contributed by atoms with van der Waals surface area (Å²) in [5, 5.41) is 0.784. The van der Waals surface area contributed by atoms with Crippen LogP contribution in [0, 0.1) is 0 Å². The van der Waals surface area contributed by atoms with Crippen LogP contribution in [0.4, 0.5) is 0 Å². The molecule has 2 N–H and O–H groups in total. The second-order valence-electron chi connectivity index (χ2n) is 4.78. The first kappa shape index (κ1) is 14.8. The molecular weight excluding hydrogens is 302 g/mol. The number of carbonyl (C=O) groups is 1. The van der Waals surface area contributed by atoms with Crippen molar-refractivity contribution in [2.75, 3.05) is 19.0 Å². The van der Waals surface area contributed by atoms with E-state index in [9.17, 15) is 4.79 Å². The number of nitrogens with two attached hydrogens (primary N) is 1. The van der Waals surface area contributed by atoms with Gasteiger partial charge in [-0.25, -0.2) is 4.98 Å². The second kappa shape index (κ2) is 6.31. The fraction of sp³-hybridized carbons (Fsp3) is 0.333. The van der Waals surface area contributed by atoms with E-state index >= 15 is 0 Å². The molecule has 0 aliphatic carbocycles. The van der Waals surface area contributed by atoms with Crippen molar-refractivity contribution < 1.29 is 14.3 Å². The molecular formula is C15H17N3O3S. The van der Waals surface area contributed by atoms with Crippen LogP contribution in [0.2, 0.25) is 0 Å². The van der Waals surface area contributed by atoms with Gasteiger partial charge in [0.15, 0.2) is 16.7 Å². The van der Waals surface area contributed by atoms with E-state index in [2.05, 4.69) is 9.55 Å². The highest BCUT2D eigenvalue weighted by Crippen LogP contribution is 2.35. The number of ether oxygens (including phenoxy) is 2. The molecule has 2 heterocycles. The number of amides is 1. The van der Waals surface area contributed by atoms with Crippen LogP contribution in [0.5, 0.6) is 11.5 Å². The smallest absolute Gasteiger partial charge is 0.227 e. The summed E-state index contributed by atoms with van der Waals surface area (Å²) < 4.78 is 13.2. The third-order valence-corrected chi connectivity index (χ3v) is 4.33. The van der Waals surface area contributed by atoms with Gasteiger partial charge in [-0.3, -0.25) is 4.79 Å². The van der Waals surface area contributed by atoms with Crippen LogP contribution in [0.25, 0.3) is 11.3 Å². The molecule has 0 atom stereocenters. The molecule has 1 aliphatic rings. The van der Waals surface area contributed by atoms with Crippen LogP contribution in [0.1, 0.15) is 6.92 Å². The minimum absolute atomic E-state index is 0.220. The highest BCUT2D eigenvalue weighted by atomic mass is 32.2. The number of imidazole rings is 1. The molecule has 2 aromatic rings. The van der Waals surface area contributed by atoms with Gasteiger partial charge in [-0.15, -0.1) is 0 Å². The van der Waals surface area contributed by atoms with E-state index in [1.807, 2.05) is 25.1 Å². The summed E-state index contributed by atoms with van der Waals surface area (Å²) in [5.41, 5.74) is 7.18. The molecule has 0 fully saturated rings. The molecule has 1 aromatic heterocycles. The van der Waals surface area contributed by atoms with Crippen LogP contribution in [-0.4, -0.2) is 34.4 Å². The lowest BCUT2D eigenvalue weighted by molar-refractivity contribution is -0.115. The van der Waals surface area contributed by atoms with Crippen molar-refractivity contribution in [3.63, 3.8) is 0 Å². The van der Waals surface area contributed by atoms with E-state index < -0.39 is 0 Å². The van der Waals surface area contributed by atoms with Crippen LogP contribution >= 0.6 is 11.8 Å². The fourth-order valence-electron chi connectivity index (χ4n) is 2.35. The second-order valence-corrected chi connectivity index (χ2v) is 5.73. The summed E-state index contributed by atoms with van der Waals surface area (Å²) in [4.78, 5) is 15.3. The van der Waals surface area contributed by atoms with Crippen LogP contribution < -0.4 is 15.2 Å². The standard InChI is InChI=1S/C15H17N3O3S/c1-2-18-11(8-17-15(18)22-9-14(16)19)10-3-4-12-13(7-10)21-6-5-20-12/h3-4,7-8H,2,5-6,9H2,1H3,(H2,16,19). The Kier molecular flexibility index (Phi) is 4.24. The zero-order valence-electron chi connectivity index (χ0n) is 12.2. The van der Waals surface area contributed by atoms with Crippen LogP contribution in [0.15, 0.2) is 29.6 Å². The predicted octanol–water partition coefficient (Wildman–Crippen LogP) is 1.92. The molecule has 3 rings (SSSR count). The van der Waals surface area contributed by atoms with Gasteiger partial charge >= 0.3 is 0 Å². The van der Waals surface area contributed by atoms with Gasteiger partial charge in [-0.05, 0) is 25.1 Å². The van der Waals surface area contributed by atoms with E-state index in [1.54, 1.807) is 6.20 Å². The summed E-state index contributed by atoms with van der Waals surface area (Å²) in [6, 6.07) is 5.85. The molecule has 0 spiro atoms. The number of benzene rings is 1. The first-order valence-corrected chi connectivity index (χ1v) is 8.04. The molecule has 0 unspecified atom stereocenters. The highest BCUT2D eigenvalue weighted by Gasteiger charge is 2.16. The molecule has 1 aromatic carbocycles. The molecule has 22 heavy (non-hydrogen) atoms. The summed E-state index contributed by atoms with van der Waals surface area (Å²) >= 11 is 1.35. The van der Waals surface area contributed by atoms with E-state index in [4.69, 9.17) is 15.2 Å². The number of aromatic nitrogens is 2. The number of rotatable bonds is 5. The quantitative estimate of drug-likeness (QED) is 0.852. The van der Waals surface area contributed by atoms with Gasteiger partial charge in [-0.2, -0.15) is 0 Å². The maximum absolute atomic E-state index is 10.9. The Morgan fingerprint density at radius 1 is 1.36 bits per heavy atom. The summed E-state index contributed by atoms with van der Waals surface area (Å²) in [5.74, 6) is 1.38. The van der Waals surface area contributed by atoms with Crippen LogP contribution in [0.3, 0.4) is 0 Å². The molecule has 1 aliphatic heterocycles. The zero-order chi connectivity index (χ0) is 15.5. The monoisotopic (exact) mass is 319 g/mol. The van der Waals surface area contributed by atoms with Crippen molar-refractivity contribution in [3.8, 4) is 22.8 Å². The molecule has 7 heteroatoms. The first-order chi connectivity index (χ1) is 10.7. The number of hydrogen-bond acceptors (Lipinski definition) is 5. The third-order valence-electron chi connectivity index (χ3n) is 3.32. The number of nitrogens with zero attached hydrogens (tertiary/aromatic N) is 2. The lowest BCUT2D eigenvalue weighted by Gasteiger charge is -2.19. The third kappa shape index (κ3) is 2.89. The fourth-order valence-corrected chi connectivity index (χ4v) is 3.13. The summed E-state index contributed by atoms with van der Waals surface area (Å²) in [6.45, 7) is 3.93. The van der Waals surface area contributed by atoms with Gasteiger partial charge < -0.3 is 19.8 Å². The van der Waals surface area contributed by atoms with Gasteiger partial charge in [0.05, 0.1) is 17.6 Å². The Labute approximate surface area is 132 Å². The Bertz CT molecular complexity index is 699.